The van der Waals surface area contributed by atoms with Crippen molar-refractivity contribution in [3.63, 3.8) is 0 Å². The van der Waals surface area contributed by atoms with Gasteiger partial charge in [0.15, 0.2) is 0 Å². The highest BCUT2D eigenvalue weighted by Gasteiger charge is 2.00. The Morgan fingerprint density at radius 3 is 0.581 bits per heavy atom. The molecule has 13 aromatic rings. The van der Waals surface area contributed by atoms with Crippen molar-refractivity contribution in [3.8, 4) is 55.6 Å². The molecule has 0 heteroatoms. The highest BCUT2D eigenvalue weighted by molar-refractivity contribution is 5.68. The molecule has 0 saturated carbocycles. The Balaban J connectivity index is 0.000000159. The van der Waals surface area contributed by atoms with Gasteiger partial charge in [-0.15, -0.1) is 0 Å². The molecule has 0 unspecified atom stereocenters. The second-order valence-corrected chi connectivity index (χ2v) is 21.1. The van der Waals surface area contributed by atoms with Crippen LogP contribution in [-0.4, -0.2) is 0 Å². The summed E-state index contributed by atoms with van der Waals surface area (Å²) in [6, 6.07) is 126. The minimum absolute atomic E-state index is 1.28. The van der Waals surface area contributed by atoms with Crippen LogP contribution in [0.5, 0.6) is 0 Å². The molecule has 0 fully saturated rings. The van der Waals surface area contributed by atoms with Crippen LogP contribution >= 0.6 is 0 Å². The van der Waals surface area contributed by atoms with E-state index in [9.17, 15) is 0 Å². The SMILES string of the molecule is Cc1ccc(-c2ccccc2)cc1.Cc1ccc(-c2ccccc2)cc1.Cc1cccc(-c2ccccc2)c1.Cc1cccc(-c2ccccc2)c1.Cc1ccccc1.Cc1ccccc1.Cc1ccccc1.Cc1ccccc1-c1ccccc1. The van der Waals surface area contributed by atoms with Gasteiger partial charge >= 0.3 is 0 Å². The zero-order valence-corrected chi connectivity index (χ0v) is 51.6. The lowest BCUT2D eigenvalue weighted by Gasteiger charge is -2.04. The molecule has 0 aliphatic carbocycles. The molecular formula is C86H84. The summed E-state index contributed by atoms with van der Waals surface area (Å²) >= 11 is 0. The fraction of sp³-hybridized carbons (Fsp3) is 0.0930. The van der Waals surface area contributed by atoms with E-state index in [1.54, 1.807) is 0 Å². The molecule has 0 atom stereocenters. The number of benzene rings is 13. The first-order valence-electron chi connectivity index (χ1n) is 29.6. The van der Waals surface area contributed by atoms with Gasteiger partial charge in [0.1, 0.15) is 0 Å². The van der Waals surface area contributed by atoms with Crippen LogP contribution < -0.4 is 0 Å². The molecule has 0 heterocycles. The van der Waals surface area contributed by atoms with Crippen LogP contribution in [0.2, 0.25) is 0 Å². The third-order valence-corrected chi connectivity index (χ3v) is 13.6. The molecule has 0 spiro atoms. The van der Waals surface area contributed by atoms with E-state index in [2.05, 4.69) is 334 Å². The van der Waals surface area contributed by atoms with E-state index in [1.165, 1.54) is 100 Å². The summed E-state index contributed by atoms with van der Waals surface area (Å²) in [6.07, 6.45) is 0. The van der Waals surface area contributed by atoms with Gasteiger partial charge in [0.25, 0.3) is 0 Å². The molecule has 13 rings (SSSR count). The van der Waals surface area contributed by atoms with Gasteiger partial charge in [0, 0.05) is 0 Å². The van der Waals surface area contributed by atoms with Crippen LogP contribution in [0.1, 0.15) is 44.5 Å². The molecule has 0 bridgehead atoms. The minimum Gasteiger partial charge on any atom is -0.0622 e. The molecule has 0 aliphatic heterocycles. The van der Waals surface area contributed by atoms with E-state index in [0.717, 1.165) is 0 Å². The maximum atomic E-state index is 2.20. The number of rotatable bonds is 5. The minimum atomic E-state index is 1.28. The van der Waals surface area contributed by atoms with Crippen molar-refractivity contribution >= 4 is 0 Å². The molecule has 86 heavy (non-hydrogen) atoms. The van der Waals surface area contributed by atoms with Crippen LogP contribution in [-0.2, 0) is 0 Å². The average Bonchev–Trinajstić information content (AvgIpc) is 3.71. The topological polar surface area (TPSA) is 0 Å². The molecule has 0 saturated heterocycles. The predicted octanol–water partition coefficient (Wildman–Crippen LogP) is 24.3. The molecule has 13 aromatic carbocycles. The van der Waals surface area contributed by atoms with Crippen LogP contribution in [0, 0.1) is 55.4 Å². The first-order chi connectivity index (χ1) is 42.0. The van der Waals surface area contributed by atoms with E-state index >= 15 is 0 Å². The van der Waals surface area contributed by atoms with Gasteiger partial charge in [-0.05, 0) is 117 Å². The molecule has 0 N–H and O–H groups in total. The normalized spacial score (nSPS) is 9.63. The summed E-state index contributed by atoms with van der Waals surface area (Å²) in [4.78, 5) is 0. The Kier molecular flexibility index (Phi) is 28.6. The maximum Gasteiger partial charge on any atom is -0.0155 e. The second kappa shape index (κ2) is 37.9. The summed E-state index contributed by atoms with van der Waals surface area (Å²) in [7, 11) is 0. The summed E-state index contributed by atoms with van der Waals surface area (Å²) in [5.41, 5.74) is 23.4. The lowest BCUT2D eigenvalue weighted by molar-refractivity contribution is 1.46. The van der Waals surface area contributed by atoms with Crippen LogP contribution in [0.25, 0.3) is 55.6 Å². The highest BCUT2D eigenvalue weighted by atomic mass is 14.0. The Morgan fingerprint density at radius 2 is 0.326 bits per heavy atom. The smallest absolute Gasteiger partial charge is 0.0155 e. The lowest BCUT2D eigenvalue weighted by atomic mass is 10.0. The summed E-state index contributed by atoms with van der Waals surface area (Å²) in [6.45, 7) is 16.8. The molecule has 428 valence electrons. The first kappa shape index (κ1) is 65.0. The van der Waals surface area contributed by atoms with Gasteiger partial charge in [0.05, 0.1) is 0 Å². The standard InChI is InChI=1S/5C13H12.3C7H8/c1-11-7-5-6-10-13(11)12-8-3-2-4-9-12;2*1-11-6-5-9-13(10-11)12-7-3-2-4-8-12;2*1-11-7-9-13(10-8-11)12-5-3-2-4-6-12;3*1-7-5-3-2-4-6-7/h5*2-10H,1H3;3*2-6H,1H3. The third-order valence-electron chi connectivity index (χ3n) is 13.6. The van der Waals surface area contributed by atoms with Crippen molar-refractivity contribution in [3.05, 3.63) is 408 Å². The van der Waals surface area contributed by atoms with Gasteiger partial charge in [0.2, 0.25) is 0 Å². The quantitative estimate of drug-likeness (QED) is 0.161. The Morgan fingerprint density at radius 1 is 0.128 bits per heavy atom. The van der Waals surface area contributed by atoms with E-state index in [0.29, 0.717) is 0 Å². The fourth-order valence-electron chi connectivity index (χ4n) is 8.78. The Hall–Kier alpha value is -10.1. The number of aryl methyl sites for hydroxylation is 8. The van der Waals surface area contributed by atoms with Crippen molar-refractivity contribution in [2.45, 2.75) is 55.4 Å². The van der Waals surface area contributed by atoms with Crippen LogP contribution in [0.4, 0.5) is 0 Å². The lowest BCUT2D eigenvalue weighted by Crippen LogP contribution is -1.80. The Labute approximate surface area is 516 Å². The van der Waals surface area contributed by atoms with Gasteiger partial charge < -0.3 is 0 Å². The maximum absolute atomic E-state index is 2.20. The summed E-state index contributed by atoms with van der Waals surface area (Å²) in [5, 5.41) is 0. The summed E-state index contributed by atoms with van der Waals surface area (Å²) in [5.74, 6) is 0. The predicted molar refractivity (Wildman–Crippen MR) is 377 cm³/mol. The van der Waals surface area contributed by atoms with E-state index in [1.807, 2.05) is 84.9 Å². The van der Waals surface area contributed by atoms with Crippen molar-refractivity contribution in [2.75, 3.05) is 0 Å². The van der Waals surface area contributed by atoms with Gasteiger partial charge in [-0.1, -0.05) is 403 Å². The van der Waals surface area contributed by atoms with Crippen molar-refractivity contribution in [1.82, 2.24) is 0 Å². The van der Waals surface area contributed by atoms with Crippen LogP contribution in [0.15, 0.2) is 364 Å². The van der Waals surface area contributed by atoms with Gasteiger partial charge in [-0.3, -0.25) is 0 Å². The molecular weight excluding hydrogens is 1030 g/mol. The summed E-state index contributed by atoms with van der Waals surface area (Å²) < 4.78 is 0. The third kappa shape index (κ3) is 25.2. The zero-order valence-electron chi connectivity index (χ0n) is 51.6. The fourth-order valence-corrected chi connectivity index (χ4v) is 8.78. The zero-order chi connectivity index (χ0) is 60.8. The van der Waals surface area contributed by atoms with Crippen molar-refractivity contribution in [2.24, 2.45) is 0 Å². The number of hydrogen-bond acceptors (Lipinski definition) is 0. The van der Waals surface area contributed by atoms with Gasteiger partial charge in [-0.2, -0.15) is 0 Å². The molecule has 0 amide bonds. The number of hydrogen-bond donors (Lipinski definition) is 0. The monoisotopic (exact) mass is 1120 g/mol. The average molecular weight is 1120 g/mol. The van der Waals surface area contributed by atoms with Crippen molar-refractivity contribution in [1.29, 1.82) is 0 Å². The van der Waals surface area contributed by atoms with E-state index in [4.69, 9.17) is 0 Å². The molecule has 0 aliphatic rings. The highest BCUT2D eigenvalue weighted by Crippen LogP contribution is 2.24. The second-order valence-electron chi connectivity index (χ2n) is 21.1. The molecule has 0 aromatic heterocycles. The van der Waals surface area contributed by atoms with Crippen LogP contribution in [0.3, 0.4) is 0 Å². The molecule has 0 nitrogen and oxygen atoms in total. The van der Waals surface area contributed by atoms with E-state index < -0.39 is 0 Å². The molecule has 0 radical (unpaired) electrons. The largest absolute Gasteiger partial charge is 0.0622 e. The van der Waals surface area contributed by atoms with E-state index in [-0.39, 0.29) is 0 Å². The van der Waals surface area contributed by atoms with Gasteiger partial charge in [-0.25, -0.2) is 0 Å². The van der Waals surface area contributed by atoms with Crippen molar-refractivity contribution < 1.29 is 0 Å². The Bertz CT molecular complexity index is 3550. The first-order valence-corrected chi connectivity index (χ1v) is 29.6.